The van der Waals surface area contributed by atoms with Gasteiger partial charge in [-0.3, -0.25) is 0 Å². The van der Waals surface area contributed by atoms with Crippen molar-refractivity contribution in [1.82, 2.24) is 0 Å². The van der Waals surface area contributed by atoms with Crippen LogP contribution in [0.1, 0.15) is 0 Å². The second kappa shape index (κ2) is 26.9. The zero-order chi connectivity index (χ0) is 14.3. The van der Waals surface area contributed by atoms with Crippen molar-refractivity contribution in [2.45, 2.75) is 69.1 Å². The first-order valence-electron chi connectivity index (χ1n) is 6.00. The van der Waals surface area contributed by atoms with Crippen LogP contribution in [0.4, 0.5) is 0 Å². The Morgan fingerprint density at radius 1 is 0.294 bits per heavy atom. The Morgan fingerprint density at radius 3 is 0.294 bits per heavy atom. The average Bonchev–Trinajstić information content (AvgIpc) is 1.76. The topological polar surface area (TPSA) is 0 Å². The smallest absolute Gasteiger partial charge is 0 e. The van der Waals surface area contributed by atoms with Gasteiger partial charge in [-0.1, -0.05) is 0 Å². The van der Waals surface area contributed by atoms with Crippen LogP contribution in [0.3, 0.4) is 0 Å². The van der Waals surface area contributed by atoms with E-state index in [1.807, 2.05) is 0 Å². The summed E-state index contributed by atoms with van der Waals surface area (Å²) in [5.41, 5.74) is 0. The number of hydrogen-bond acceptors (Lipinski definition) is 0. The van der Waals surface area contributed by atoms with Crippen LogP contribution in [0.25, 0.3) is 0 Å². The number of hydrogen-bond donors (Lipinski definition) is 0. The van der Waals surface area contributed by atoms with Gasteiger partial charge in [0.1, 0.15) is 0 Å². The molecule has 0 spiro atoms. The summed E-state index contributed by atoms with van der Waals surface area (Å²) >= 11 is -1.33. The van der Waals surface area contributed by atoms with Crippen molar-refractivity contribution in [3.63, 3.8) is 0 Å². The van der Waals surface area contributed by atoms with E-state index in [1.165, 1.54) is 0 Å². The molecule has 0 aromatic carbocycles. The third-order valence-corrected chi connectivity index (χ3v) is 0. The fourth-order valence-electron chi connectivity index (χ4n) is 0. The summed E-state index contributed by atoms with van der Waals surface area (Å²) < 4.78 is 0. The molecule has 0 bridgehead atoms. The molecule has 0 saturated carbocycles. The molecule has 0 nitrogen and oxygen atoms in total. The molecule has 0 aliphatic heterocycles. The molecular formula is C12H36Ge4Si. The number of rotatable bonds is 0. The molecule has 104 valence electrons. The Balaban J connectivity index is -0.0000000369. The van der Waals surface area contributed by atoms with Crippen LogP contribution in [0.15, 0.2) is 0 Å². The maximum Gasteiger partial charge on any atom is 0 e. The van der Waals surface area contributed by atoms with Crippen LogP contribution in [0, 0.1) is 0 Å². The van der Waals surface area contributed by atoms with Crippen LogP contribution in [-0.2, 0) is 0 Å². The van der Waals surface area contributed by atoms with E-state index in [2.05, 4.69) is 69.1 Å². The SMILES string of the molecule is [CH3][Ge]([CH3])[CH3].[CH3][Ge]([CH3])[CH3].[CH3][Ge]([CH3])[CH3].[CH3][Ge]([CH3])[CH3].[Si]. The predicted octanol–water partition coefficient (Wildman–Crippen LogP) is 5.10. The summed E-state index contributed by atoms with van der Waals surface area (Å²) in [5.74, 6) is 28.0. The van der Waals surface area contributed by atoms with Crippen molar-refractivity contribution in [3.05, 3.63) is 0 Å². The summed E-state index contributed by atoms with van der Waals surface area (Å²) in [6, 6.07) is 0. The van der Waals surface area contributed by atoms with Gasteiger partial charge in [-0.15, -0.1) is 0 Å². The molecule has 0 fully saturated rings. The summed E-state index contributed by atoms with van der Waals surface area (Å²) in [7, 11) is 0. The molecule has 0 atom stereocenters. The monoisotopic (exact) mass is 504 g/mol. The van der Waals surface area contributed by atoms with Crippen molar-refractivity contribution < 1.29 is 0 Å². The average molecular weight is 499 g/mol. The second-order valence-corrected chi connectivity index (χ2v) is 31.2. The van der Waals surface area contributed by atoms with Gasteiger partial charge >= 0.3 is 126 Å². The van der Waals surface area contributed by atoms with Crippen molar-refractivity contribution in [1.29, 1.82) is 0 Å². The molecule has 0 N–H and O–H groups in total. The van der Waals surface area contributed by atoms with E-state index >= 15 is 0 Å². The van der Waals surface area contributed by atoms with Gasteiger partial charge < -0.3 is 0 Å². The molecule has 0 saturated heterocycles. The van der Waals surface area contributed by atoms with Crippen LogP contribution >= 0.6 is 0 Å². The van der Waals surface area contributed by atoms with E-state index in [4.69, 9.17) is 0 Å². The molecule has 8 radical (unpaired) electrons. The van der Waals surface area contributed by atoms with E-state index in [0.29, 0.717) is 0 Å². The zero-order valence-electron chi connectivity index (χ0n) is 14.5. The van der Waals surface area contributed by atoms with Gasteiger partial charge in [-0.25, -0.2) is 0 Å². The summed E-state index contributed by atoms with van der Waals surface area (Å²) in [6.07, 6.45) is 0. The van der Waals surface area contributed by atoms with Crippen molar-refractivity contribution in [2.24, 2.45) is 0 Å². The summed E-state index contributed by atoms with van der Waals surface area (Å²) in [4.78, 5) is 0. The van der Waals surface area contributed by atoms with Crippen LogP contribution in [-0.4, -0.2) is 68.4 Å². The Kier molecular flexibility index (Phi) is 50.0. The van der Waals surface area contributed by atoms with Crippen molar-refractivity contribution in [3.8, 4) is 0 Å². The molecule has 5 heteroatoms. The summed E-state index contributed by atoms with van der Waals surface area (Å²) in [6.45, 7) is 0. The first-order valence-corrected chi connectivity index (χ1v) is 31.2. The molecule has 0 aromatic heterocycles. The molecule has 0 heterocycles. The fraction of sp³-hybridized carbons (Fsp3) is 1.00. The Bertz CT molecular complexity index is 61.5. The van der Waals surface area contributed by atoms with Gasteiger partial charge in [-0.05, 0) is 0 Å². The molecule has 0 rings (SSSR count). The molecule has 0 aromatic rings. The third kappa shape index (κ3) is 866. The van der Waals surface area contributed by atoms with Crippen molar-refractivity contribution >= 4 is 68.4 Å². The van der Waals surface area contributed by atoms with E-state index in [-0.39, 0.29) is 68.4 Å². The van der Waals surface area contributed by atoms with Crippen LogP contribution in [0.5, 0.6) is 0 Å². The largest absolute Gasteiger partial charge is 0 e. The molecule has 0 aliphatic carbocycles. The zero-order valence-corrected chi connectivity index (χ0v) is 23.9. The standard InChI is InChI=1S/4C3H9Ge.Si/c4*1-4(2)3;/h4*1-3H3;. The predicted molar refractivity (Wildman–Crippen MR) is 99.1 cm³/mol. The minimum absolute atomic E-state index is 0. The van der Waals surface area contributed by atoms with Gasteiger partial charge in [0, 0.05) is 11.0 Å². The molecular weight excluding hydrogens is 463 g/mol. The first-order chi connectivity index (χ1) is 6.93. The summed E-state index contributed by atoms with van der Waals surface area (Å²) in [5, 5.41) is 0. The van der Waals surface area contributed by atoms with E-state index < -0.39 is 0 Å². The maximum absolute atomic E-state index is 2.33. The quantitative estimate of drug-likeness (QED) is 0.408. The van der Waals surface area contributed by atoms with Gasteiger partial charge in [0.2, 0.25) is 0 Å². The van der Waals surface area contributed by atoms with Gasteiger partial charge in [-0.2, -0.15) is 0 Å². The first kappa shape index (κ1) is 31.7. The van der Waals surface area contributed by atoms with E-state index in [9.17, 15) is 0 Å². The third-order valence-electron chi connectivity index (χ3n) is 0. The normalized spacial score (nSPS) is 8.47. The Hall–Kier alpha value is 2.39. The maximum atomic E-state index is 2.33. The Morgan fingerprint density at radius 2 is 0.294 bits per heavy atom. The molecule has 17 heavy (non-hydrogen) atoms. The second-order valence-electron chi connectivity index (χ2n) is 6.00. The van der Waals surface area contributed by atoms with Gasteiger partial charge in [0.25, 0.3) is 0 Å². The van der Waals surface area contributed by atoms with Crippen LogP contribution in [0.2, 0.25) is 69.1 Å². The van der Waals surface area contributed by atoms with E-state index in [1.54, 1.807) is 0 Å². The molecule has 0 unspecified atom stereocenters. The van der Waals surface area contributed by atoms with Gasteiger partial charge in [0.05, 0.1) is 0 Å². The minimum Gasteiger partial charge on any atom is 0 e. The van der Waals surface area contributed by atoms with E-state index in [0.717, 1.165) is 0 Å². The fourth-order valence-corrected chi connectivity index (χ4v) is 0. The van der Waals surface area contributed by atoms with Crippen LogP contribution < -0.4 is 0 Å². The van der Waals surface area contributed by atoms with Gasteiger partial charge in [0.15, 0.2) is 0 Å². The van der Waals surface area contributed by atoms with Crippen molar-refractivity contribution in [2.75, 3.05) is 0 Å². The molecule has 0 amide bonds. The Labute approximate surface area is 136 Å². The molecule has 0 aliphatic rings. The minimum atomic E-state index is -0.333.